The molecule has 0 heterocycles. The number of rotatable bonds is 2. The van der Waals surface area contributed by atoms with Crippen molar-refractivity contribution in [2.45, 2.75) is 25.7 Å². The van der Waals surface area contributed by atoms with E-state index in [0.29, 0.717) is 0 Å². The van der Waals surface area contributed by atoms with Crippen LogP contribution >= 0.6 is 0 Å². The fourth-order valence-electron chi connectivity index (χ4n) is 2.83. The van der Waals surface area contributed by atoms with E-state index in [-0.39, 0.29) is 21.1 Å². The van der Waals surface area contributed by atoms with Crippen LogP contribution in [0.25, 0.3) is 11.1 Å². The molecule has 0 unspecified atom stereocenters. The van der Waals surface area contributed by atoms with E-state index in [2.05, 4.69) is 72.8 Å². The normalized spacial score (nSPS) is 15.0. The van der Waals surface area contributed by atoms with Crippen molar-refractivity contribution in [3.63, 3.8) is 0 Å². The summed E-state index contributed by atoms with van der Waals surface area (Å²) in [5, 5.41) is 0. The first-order chi connectivity index (χ1) is 9.95. The molecule has 110 valence electrons. The molecule has 0 bridgehead atoms. The van der Waals surface area contributed by atoms with Crippen molar-refractivity contribution in [2.24, 2.45) is 0 Å². The quantitative estimate of drug-likeness (QED) is 0.543. The third kappa shape index (κ3) is 4.05. The SMILES string of the molecule is C1=CC(c2ccccc2)=C(c2ccccc2)CCCC1.[Pt]. The molecule has 0 aromatic heterocycles. The van der Waals surface area contributed by atoms with Crippen molar-refractivity contribution in [3.8, 4) is 0 Å². The van der Waals surface area contributed by atoms with Gasteiger partial charge in [-0.05, 0) is 48.0 Å². The molecule has 0 radical (unpaired) electrons. The third-order valence-electron chi connectivity index (χ3n) is 3.86. The van der Waals surface area contributed by atoms with Gasteiger partial charge < -0.3 is 0 Å². The Morgan fingerprint density at radius 3 is 1.95 bits per heavy atom. The second-order valence-electron chi connectivity index (χ2n) is 5.27. The second-order valence-corrected chi connectivity index (χ2v) is 5.27. The zero-order valence-electron chi connectivity index (χ0n) is 12.1. The molecule has 0 atom stereocenters. The summed E-state index contributed by atoms with van der Waals surface area (Å²) in [4.78, 5) is 0. The van der Waals surface area contributed by atoms with Crippen molar-refractivity contribution < 1.29 is 21.1 Å². The monoisotopic (exact) mass is 455 g/mol. The van der Waals surface area contributed by atoms with Gasteiger partial charge in [0.1, 0.15) is 0 Å². The summed E-state index contributed by atoms with van der Waals surface area (Å²) in [6.07, 6.45) is 9.55. The fraction of sp³-hybridized carbons (Fsp3) is 0.200. The number of allylic oxidation sites excluding steroid dienone is 4. The van der Waals surface area contributed by atoms with E-state index in [4.69, 9.17) is 0 Å². The minimum Gasteiger partial charge on any atom is -0.0839 e. The van der Waals surface area contributed by atoms with Gasteiger partial charge in [-0.25, -0.2) is 0 Å². The van der Waals surface area contributed by atoms with Gasteiger partial charge in [0, 0.05) is 21.1 Å². The number of hydrogen-bond donors (Lipinski definition) is 0. The van der Waals surface area contributed by atoms with Crippen LogP contribution < -0.4 is 0 Å². The fourth-order valence-corrected chi connectivity index (χ4v) is 2.83. The van der Waals surface area contributed by atoms with Crippen LogP contribution in [-0.4, -0.2) is 0 Å². The molecule has 1 aliphatic rings. The maximum Gasteiger partial charge on any atom is 0 e. The second kappa shape index (κ2) is 8.15. The Labute approximate surface area is 141 Å². The minimum absolute atomic E-state index is 0. The first-order valence-electron chi connectivity index (χ1n) is 7.46. The summed E-state index contributed by atoms with van der Waals surface area (Å²) >= 11 is 0. The summed E-state index contributed by atoms with van der Waals surface area (Å²) < 4.78 is 0. The molecule has 1 heteroatoms. The average Bonchev–Trinajstić information content (AvgIpc) is 2.49. The first kappa shape index (κ1) is 16.0. The molecule has 0 saturated carbocycles. The molecule has 0 spiro atoms. The molecule has 0 aliphatic heterocycles. The molecule has 0 nitrogen and oxygen atoms in total. The van der Waals surface area contributed by atoms with Crippen LogP contribution in [0, 0.1) is 0 Å². The van der Waals surface area contributed by atoms with Gasteiger partial charge in [0.15, 0.2) is 0 Å². The van der Waals surface area contributed by atoms with Crippen molar-refractivity contribution in [1.29, 1.82) is 0 Å². The maximum absolute atomic E-state index is 2.32. The van der Waals surface area contributed by atoms with Crippen LogP contribution in [0.1, 0.15) is 36.8 Å². The van der Waals surface area contributed by atoms with E-state index in [9.17, 15) is 0 Å². The van der Waals surface area contributed by atoms with Gasteiger partial charge in [0.05, 0.1) is 0 Å². The molecule has 0 amide bonds. The van der Waals surface area contributed by atoms with Gasteiger partial charge in [0.2, 0.25) is 0 Å². The van der Waals surface area contributed by atoms with E-state index in [1.54, 1.807) is 0 Å². The van der Waals surface area contributed by atoms with Crippen molar-refractivity contribution in [1.82, 2.24) is 0 Å². The zero-order valence-corrected chi connectivity index (χ0v) is 14.3. The van der Waals surface area contributed by atoms with Crippen LogP contribution in [0.3, 0.4) is 0 Å². The summed E-state index contributed by atoms with van der Waals surface area (Å²) in [6.45, 7) is 0. The van der Waals surface area contributed by atoms with Crippen molar-refractivity contribution in [2.75, 3.05) is 0 Å². The molecule has 2 aromatic carbocycles. The van der Waals surface area contributed by atoms with E-state index in [0.717, 1.165) is 0 Å². The molecule has 0 saturated heterocycles. The van der Waals surface area contributed by atoms with Gasteiger partial charge in [0.25, 0.3) is 0 Å². The molecule has 21 heavy (non-hydrogen) atoms. The Morgan fingerprint density at radius 2 is 1.29 bits per heavy atom. The Hall–Kier alpha value is -1.39. The van der Waals surface area contributed by atoms with Crippen LogP contribution in [-0.2, 0) is 21.1 Å². The summed E-state index contributed by atoms with van der Waals surface area (Å²) in [5.74, 6) is 0. The number of benzene rings is 2. The Bertz CT molecular complexity index is 609. The molecular formula is C20H20Pt. The van der Waals surface area contributed by atoms with Crippen LogP contribution in [0.5, 0.6) is 0 Å². The van der Waals surface area contributed by atoms with E-state index >= 15 is 0 Å². The van der Waals surface area contributed by atoms with Gasteiger partial charge in [-0.3, -0.25) is 0 Å². The minimum atomic E-state index is 0. The van der Waals surface area contributed by atoms with E-state index < -0.39 is 0 Å². The van der Waals surface area contributed by atoms with Crippen molar-refractivity contribution in [3.05, 3.63) is 83.9 Å². The summed E-state index contributed by atoms with van der Waals surface area (Å²) in [7, 11) is 0. The molecular weight excluding hydrogens is 435 g/mol. The molecule has 2 aromatic rings. The predicted octanol–water partition coefficient (Wildman–Crippen LogP) is 5.73. The Morgan fingerprint density at radius 1 is 0.667 bits per heavy atom. The molecule has 0 fully saturated rings. The summed E-state index contributed by atoms with van der Waals surface area (Å²) in [5.41, 5.74) is 5.55. The average molecular weight is 455 g/mol. The maximum atomic E-state index is 2.32. The van der Waals surface area contributed by atoms with Crippen LogP contribution in [0.15, 0.2) is 72.8 Å². The Balaban J connectivity index is 0.00000161. The van der Waals surface area contributed by atoms with Crippen LogP contribution in [0.4, 0.5) is 0 Å². The van der Waals surface area contributed by atoms with Gasteiger partial charge in [-0.15, -0.1) is 0 Å². The first-order valence-corrected chi connectivity index (χ1v) is 7.46. The zero-order chi connectivity index (χ0) is 13.6. The molecule has 1 aliphatic carbocycles. The van der Waals surface area contributed by atoms with E-state index in [1.165, 1.54) is 48.0 Å². The van der Waals surface area contributed by atoms with Gasteiger partial charge >= 0.3 is 0 Å². The Kier molecular flexibility index (Phi) is 6.20. The number of hydrogen-bond acceptors (Lipinski definition) is 0. The predicted molar refractivity (Wildman–Crippen MR) is 87.3 cm³/mol. The largest absolute Gasteiger partial charge is 0.0839 e. The smallest absolute Gasteiger partial charge is 0 e. The van der Waals surface area contributed by atoms with Crippen LogP contribution in [0.2, 0.25) is 0 Å². The standard InChI is InChI=1S/C20H20.Pt/c1-2-10-16-20(18-13-7-4-8-14-18)19(15-9-1)17-11-5-3-6-12-17;/h3-9,11-15H,1-2,10,16H2;. The van der Waals surface area contributed by atoms with Gasteiger partial charge in [-0.2, -0.15) is 0 Å². The summed E-state index contributed by atoms with van der Waals surface area (Å²) in [6, 6.07) is 21.6. The van der Waals surface area contributed by atoms with E-state index in [1.807, 2.05) is 0 Å². The molecule has 0 N–H and O–H groups in total. The van der Waals surface area contributed by atoms with Crippen molar-refractivity contribution >= 4 is 11.1 Å². The third-order valence-corrected chi connectivity index (χ3v) is 3.86. The molecule has 3 rings (SSSR count). The topological polar surface area (TPSA) is 0 Å². The van der Waals surface area contributed by atoms with Gasteiger partial charge in [-0.1, -0.05) is 72.8 Å².